The lowest BCUT2D eigenvalue weighted by Gasteiger charge is -2.31. The first-order valence-corrected chi connectivity index (χ1v) is 8.33. The maximum absolute atomic E-state index is 5.87. The molecule has 1 aliphatic carbocycles. The van der Waals surface area contributed by atoms with Gasteiger partial charge in [-0.15, -0.1) is 0 Å². The van der Waals surface area contributed by atoms with Gasteiger partial charge in [-0.3, -0.25) is 0 Å². The first-order chi connectivity index (χ1) is 9.52. The second-order valence-corrected chi connectivity index (χ2v) is 7.45. The summed E-state index contributed by atoms with van der Waals surface area (Å²) in [6.07, 6.45) is 8.17. The lowest BCUT2D eigenvalue weighted by molar-refractivity contribution is 0.296. The summed E-state index contributed by atoms with van der Waals surface area (Å²) in [5.41, 5.74) is 9.05. The minimum Gasteiger partial charge on any atom is -0.330 e. The van der Waals surface area contributed by atoms with Crippen LogP contribution in [-0.4, -0.2) is 6.54 Å². The molecule has 0 aliphatic heterocycles. The van der Waals surface area contributed by atoms with Crippen LogP contribution >= 0.6 is 0 Å². The second kappa shape index (κ2) is 6.76. The Balaban J connectivity index is 2.16. The van der Waals surface area contributed by atoms with Crippen molar-refractivity contribution in [3.8, 4) is 0 Å². The van der Waals surface area contributed by atoms with Crippen molar-refractivity contribution in [2.45, 2.75) is 70.6 Å². The Hall–Kier alpha value is -0.820. The predicted molar refractivity (Wildman–Crippen MR) is 88.1 cm³/mol. The summed E-state index contributed by atoms with van der Waals surface area (Å²) in [7, 11) is 0. The molecular weight excluding hydrogens is 242 g/mol. The molecule has 0 amide bonds. The van der Waals surface area contributed by atoms with Crippen molar-refractivity contribution in [3.05, 3.63) is 35.4 Å². The maximum Gasteiger partial charge on any atom is -0.00713 e. The lowest BCUT2D eigenvalue weighted by Crippen LogP contribution is -2.20. The van der Waals surface area contributed by atoms with Gasteiger partial charge >= 0.3 is 0 Å². The van der Waals surface area contributed by atoms with Gasteiger partial charge in [-0.1, -0.05) is 64.3 Å². The summed E-state index contributed by atoms with van der Waals surface area (Å²) >= 11 is 0. The summed E-state index contributed by atoms with van der Waals surface area (Å²) in [5, 5.41) is 0. The van der Waals surface area contributed by atoms with E-state index in [1.807, 2.05) is 0 Å². The van der Waals surface area contributed by atoms with E-state index in [-0.39, 0.29) is 5.41 Å². The Kier molecular flexibility index (Phi) is 5.26. The number of benzene rings is 1. The first-order valence-electron chi connectivity index (χ1n) is 8.33. The highest BCUT2D eigenvalue weighted by molar-refractivity contribution is 5.30. The van der Waals surface area contributed by atoms with Crippen LogP contribution in [0.2, 0.25) is 0 Å². The van der Waals surface area contributed by atoms with Gasteiger partial charge in [0, 0.05) is 0 Å². The van der Waals surface area contributed by atoms with Crippen molar-refractivity contribution in [3.63, 3.8) is 0 Å². The molecule has 0 heterocycles. The van der Waals surface area contributed by atoms with Crippen molar-refractivity contribution < 1.29 is 0 Å². The Labute approximate surface area is 125 Å². The van der Waals surface area contributed by atoms with Crippen LogP contribution in [0.4, 0.5) is 0 Å². The molecule has 1 heteroatoms. The Morgan fingerprint density at radius 1 is 1.05 bits per heavy atom. The van der Waals surface area contributed by atoms with E-state index in [9.17, 15) is 0 Å². The molecule has 0 radical (unpaired) electrons. The van der Waals surface area contributed by atoms with Crippen LogP contribution in [0, 0.1) is 5.92 Å². The molecule has 0 spiro atoms. The minimum atomic E-state index is 0.243. The van der Waals surface area contributed by atoms with Gasteiger partial charge in [-0.05, 0) is 54.2 Å². The van der Waals surface area contributed by atoms with E-state index >= 15 is 0 Å². The average Bonchev–Trinajstić information content (AvgIpc) is 2.45. The summed E-state index contributed by atoms with van der Waals surface area (Å²) < 4.78 is 0. The molecule has 2 N–H and O–H groups in total. The van der Waals surface area contributed by atoms with Crippen molar-refractivity contribution in [2.75, 3.05) is 6.54 Å². The predicted octanol–water partition coefficient (Wildman–Crippen LogP) is 5.00. The summed E-state index contributed by atoms with van der Waals surface area (Å²) in [4.78, 5) is 0. The Morgan fingerprint density at radius 2 is 1.65 bits per heavy atom. The zero-order chi connectivity index (χ0) is 14.6. The third-order valence-corrected chi connectivity index (χ3v) is 4.90. The van der Waals surface area contributed by atoms with Gasteiger partial charge in [-0.25, -0.2) is 0 Å². The molecule has 112 valence electrons. The number of hydrogen-bond acceptors (Lipinski definition) is 1. The van der Waals surface area contributed by atoms with Crippen molar-refractivity contribution in [1.82, 2.24) is 0 Å². The van der Waals surface area contributed by atoms with Crippen molar-refractivity contribution in [2.24, 2.45) is 11.7 Å². The van der Waals surface area contributed by atoms with Gasteiger partial charge in [0.2, 0.25) is 0 Å². The van der Waals surface area contributed by atoms with E-state index in [1.54, 1.807) is 0 Å². The Morgan fingerprint density at radius 3 is 2.15 bits per heavy atom. The van der Waals surface area contributed by atoms with E-state index in [4.69, 9.17) is 5.73 Å². The topological polar surface area (TPSA) is 26.0 Å². The SMILES string of the molecule is CC(C)(C)c1ccc(C(CCN)C2CCCCC2)cc1. The average molecular weight is 273 g/mol. The van der Waals surface area contributed by atoms with Gasteiger partial charge in [0.1, 0.15) is 0 Å². The third-order valence-electron chi connectivity index (χ3n) is 4.90. The lowest BCUT2D eigenvalue weighted by atomic mass is 9.75. The fourth-order valence-electron chi connectivity index (χ4n) is 3.62. The van der Waals surface area contributed by atoms with Gasteiger partial charge in [0.05, 0.1) is 0 Å². The number of nitrogens with two attached hydrogens (primary N) is 1. The highest BCUT2D eigenvalue weighted by atomic mass is 14.5. The van der Waals surface area contributed by atoms with Gasteiger partial charge in [-0.2, -0.15) is 0 Å². The minimum absolute atomic E-state index is 0.243. The molecule has 1 fully saturated rings. The van der Waals surface area contributed by atoms with Crippen molar-refractivity contribution in [1.29, 1.82) is 0 Å². The smallest absolute Gasteiger partial charge is 0.00713 e. The fraction of sp³-hybridized carbons (Fsp3) is 0.684. The molecule has 1 aromatic carbocycles. The van der Waals surface area contributed by atoms with Crippen LogP contribution in [0.3, 0.4) is 0 Å². The fourth-order valence-corrected chi connectivity index (χ4v) is 3.62. The molecule has 20 heavy (non-hydrogen) atoms. The van der Waals surface area contributed by atoms with E-state index in [2.05, 4.69) is 45.0 Å². The molecule has 1 aliphatic rings. The quantitative estimate of drug-likeness (QED) is 0.821. The molecule has 1 saturated carbocycles. The largest absolute Gasteiger partial charge is 0.330 e. The zero-order valence-electron chi connectivity index (χ0n) is 13.5. The summed E-state index contributed by atoms with van der Waals surface area (Å²) in [6, 6.07) is 9.36. The van der Waals surface area contributed by atoms with E-state index in [0.29, 0.717) is 5.92 Å². The number of rotatable bonds is 4. The van der Waals surface area contributed by atoms with Crippen LogP contribution in [0.15, 0.2) is 24.3 Å². The van der Waals surface area contributed by atoms with E-state index < -0.39 is 0 Å². The van der Waals surface area contributed by atoms with Crippen LogP contribution in [0.25, 0.3) is 0 Å². The second-order valence-electron chi connectivity index (χ2n) is 7.45. The highest BCUT2D eigenvalue weighted by Crippen LogP contribution is 2.38. The maximum atomic E-state index is 5.87. The van der Waals surface area contributed by atoms with Gasteiger partial charge in [0.25, 0.3) is 0 Å². The monoisotopic (exact) mass is 273 g/mol. The number of hydrogen-bond donors (Lipinski definition) is 1. The van der Waals surface area contributed by atoms with Gasteiger partial charge < -0.3 is 5.73 Å². The van der Waals surface area contributed by atoms with E-state index in [1.165, 1.54) is 43.2 Å². The Bertz CT molecular complexity index is 393. The normalized spacial score (nSPS) is 19.0. The molecule has 1 nitrogen and oxygen atoms in total. The molecular formula is C19H31N. The van der Waals surface area contributed by atoms with Crippen LogP contribution in [0.5, 0.6) is 0 Å². The van der Waals surface area contributed by atoms with Crippen LogP contribution < -0.4 is 5.73 Å². The molecule has 2 rings (SSSR count). The van der Waals surface area contributed by atoms with E-state index in [0.717, 1.165) is 18.9 Å². The zero-order valence-corrected chi connectivity index (χ0v) is 13.5. The molecule has 1 atom stereocenters. The standard InChI is InChI=1S/C19H31N/c1-19(2,3)17-11-9-16(10-12-17)18(13-14-20)15-7-5-4-6-8-15/h9-12,15,18H,4-8,13-14,20H2,1-3H3. The molecule has 0 saturated heterocycles. The highest BCUT2D eigenvalue weighted by Gasteiger charge is 2.24. The van der Waals surface area contributed by atoms with Crippen LogP contribution in [0.1, 0.15) is 76.3 Å². The van der Waals surface area contributed by atoms with Crippen LogP contribution in [-0.2, 0) is 5.41 Å². The molecule has 0 bridgehead atoms. The molecule has 0 aromatic heterocycles. The first kappa shape index (κ1) is 15.6. The van der Waals surface area contributed by atoms with Gasteiger partial charge in [0.15, 0.2) is 0 Å². The molecule has 1 unspecified atom stereocenters. The molecule has 1 aromatic rings. The summed E-state index contributed by atoms with van der Waals surface area (Å²) in [5.74, 6) is 1.53. The van der Waals surface area contributed by atoms with Crippen molar-refractivity contribution >= 4 is 0 Å². The summed E-state index contributed by atoms with van der Waals surface area (Å²) in [6.45, 7) is 7.64. The third kappa shape index (κ3) is 3.85.